The summed E-state index contributed by atoms with van der Waals surface area (Å²) in [7, 11) is 0. The monoisotopic (exact) mass is 424 g/mol. The number of carbonyl (C=O) groups is 2. The highest BCUT2D eigenvalue weighted by Crippen LogP contribution is 2.24. The third-order valence-corrected chi connectivity index (χ3v) is 5.17. The first-order chi connectivity index (χ1) is 14.6. The number of hydrogen-bond acceptors (Lipinski definition) is 3. The van der Waals surface area contributed by atoms with Crippen LogP contribution in [-0.2, 0) is 21.4 Å². The van der Waals surface area contributed by atoms with E-state index < -0.39 is 6.04 Å². The molecule has 2 rings (SSSR count). The van der Waals surface area contributed by atoms with Crippen molar-refractivity contribution in [3.05, 3.63) is 65.7 Å². The minimum Gasteiger partial charge on any atom is -0.484 e. The van der Waals surface area contributed by atoms with Gasteiger partial charge in [0.2, 0.25) is 5.91 Å². The molecule has 5 nitrogen and oxygen atoms in total. The lowest BCUT2D eigenvalue weighted by Crippen LogP contribution is -2.51. The van der Waals surface area contributed by atoms with Gasteiger partial charge in [0.25, 0.3) is 5.91 Å². The van der Waals surface area contributed by atoms with Crippen LogP contribution in [0.3, 0.4) is 0 Å². The van der Waals surface area contributed by atoms with Gasteiger partial charge in [0.05, 0.1) is 0 Å². The fraction of sp³-hybridized carbons (Fsp3) is 0.462. The zero-order valence-corrected chi connectivity index (χ0v) is 19.6. The van der Waals surface area contributed by atoms with E-state index >= 15 is 0 Å². The van der Waals surface area contributed by atoms with Crippen LogP contribution < -0.4 is 10.1 Å². The highest BCUT2D eigenvalue weighted by atomic mass is 16.5. The summed E-state index contributed by atoms with van der Waals surface area (Å²) in [5.74, 6) is 0.275. The second-order valence-electron chi connectivity index (χ2n) is 9.23. The van der Waals surface area contributed by atoms with Gasteiger partial charge >= 0.3 is 0 Å². The fourth-order valence-corrected chi connectivity index (χ4v) is 3.25. The average Bonchev–Trinajstić information content (AvgIpc) is 2.72. The number of hydrogen-bond donors (Lipinski definition) is 1. The van der Waals surface area contributed by atoms with Gasteiger partial charge in [-0.05, 0) is 55.9 Å². The summed E-state index contributed by atoms with van der Waals surface area (Å²) in [6, 6.07) is 17.2. The molecule has 0 spiro atoms. The van der Waals surface area contributed by atoms with Crippen molar-refractivity contribution >= 4 is 11.8 Å². The first kappa shape index (κ1) is 24.4. The molecule has 2 amide bonds. The number of rotatable bonds is 9. The number of nitrogens with zero attached hydrogens (tertiary/aromatic N) is 1. The predicted octanol–water partition coefficient (Wildman–Crippen LogP) is 4.35. The third-order valence-electron chi connectivity index (χ3n) is 5.17. The van der Waals surface area contributed by atoms with Crippen LogP contribution in [0.25, 0.3) is 0 Å². The van der Waals surface area contributed by atoms with E-state index in [4.69, 9.17) is 4.74 Å². The Morgan fingerprint density at radius 3 is 2.13 bits per heavy atom. The van der Waals surface area contributed by atoms with Crippen molar-refractivity contribution in [2.24, 2.45) is 0 Å². The molecule has 168 valence electrons. The van der Waals surface area contributed by atoms with E-state index in [1.165, 1.54) is 5.56 Å². The van der Waals surface area contributed by atoms with E-state index in [-0.39, 0.29) is 29.9 Å². The van der Waals surface area contributed by atoms with Crippen LogP contribution >= 0.6 is 0 Å². The average molecular weight is 425 g/mol. The molecule has 1 N–H and O–H groups in total. The quantitative estimate of drug-likeness (QED) is 0.651. The minimum atomic E-state index is -0.578. The van der Waals surface area contributed by atoms with Crippen LogP contribution in [0, 0.1) is 0 Å². The Morgan fingerprint density at radius 2 is 1.58 bits per heavy atom. The van der Waals surface area contributed by atoms with Crippen molar-refractivity contribution in [3.63, 3.8) is 0 Å². The molecule has 0 saturated carbocycles. The van der Waals surface area contributed by atoms with E-state index in [2.05, 4.69) is 26.1 Å². The van der Waals surface area contributed by atoms with E-state index in [0.717, 1.165) is 5.56 Å². The molecule has 0 aliphatic heterocycles. The van der Waals surface area contributed by atoms with Crippen molar-refractivity contribution < 1.29 is 14.3 Å². The summed E-state index contributed by atoms with van der Waals surface area (Å²) >= 11 is 0. The molecular formula is C26H36N2O3. The van der Waals surface area contributed by atoms with E-state index in [1.54, 1.807) is 11.8 Å². The first-order valence-electron chi connectivity index (χ1n) is 10.9. The van der Waals surface area contributed by atoms with Crippen LogP contribution in [0.2, 0.25) is 0 Å². The maximum Gasteiger partial charge on any atom is 0.261 e. The zero-order chi connectivity index (χ0) is 23.0. The number of nitrogens with one attached hydrogen (secondary N) is 1. The lowest BCUT2D eigenvalue weighted by molar-refractivity contribution is -0.141. The molecule has 0 fully saturated rings. The summed E-state index contributed by atoms with van der Waals surface area (Å²) in [5, 5.41) is 2.90. The molecule has 0 radical (unpaired) electrons. The molecule has 2 aromatic carbocycles. The van der Waals surface area contributed by atoms with E-state index in [9.17, 15) is 9.59 Å². The van der Waals surface area contributed by atoms with Crippen molar-refractivity contribution in [2.45, 2.75) is 65.5 Å². The van der Waals surface area contributed by atoms with Gasteiger partial charge < -0.3 is 15.0 Å². The second-order valence-corrected chi connectivity index (χ2v) is 9.23. The number of amides is 2. The van der Waals surface area contributed by atoms with Gasteiger partial charge in [-0.1, -0.05) is 63.2 Å². The van der Waals surface area contributed by atoms with Gasteiger partial charge in [0, 0.05) is 12.6 Å². The molecule has 0 saturated heterocycles. The van der Waals surface area contributed by atoms with Crippen molar-refractivity contribution in [1.29, 1.82) is 0 Å². The van der Waals surface area contributed by atoms with Gasteiger partial charge in [-0.3, -0.25) is 9.59 Å². The molecule has 0 heterocycles. The Kier molecular flexibility index (Phi) is 8.66. The Balaban J connectivity index is 2.06. The summed E-state index contributed by atoms with van der Waals surface area (Å²) in [5.41, 5.74) is 2.38. The largest absolute Gasteiger partial charge is 0.484 e. The minimum absolute atomic E-state index is 0.0126. The number of ether oxygens (including phenoxy) is 1. The maximum absolute atomic E-state index is 13.0. The standard InChI is InChI=1S/C26H36N2O3/c1-19(2)27-25(30)20(3)28(17-16-21-10-8-7-9-11-21)24(29)18-31-23-14-12-22(13-15-23)26(4,5)6/h7-15,19-20H,16-18H2,1-6H3,(H,27,30)/t20-/m0/s1. The lowest BCUT2D eigenvalue weighted by Gasteiger charge is -2.29. The van der Waals surface area contributed by atoms with Crippen molar-refractivity contribution in [3.8, 4) is 5.75 Å². The van der Waals surface area contributed by atoms with Gasteiger partial charge in [-0.25, -0.2) is 0 Å². The lowest BCUT2D eigenvalue weighted by atomic mass is 9.87. The van der Waals surface area contributed by atoms with Gasteiger partial charge in [-0.2, -0.15) is 0 Å². The highest BCUT2D eigenvalue weighted by molar-refractivity contribution is 5.88. The Labute approximate surface area is 186 Å². The van der Waals surface area contributed by atoms with Crippen molar-refractivity contribution in [1.82, 2.24) is 10.2 Å². The highest BCUT2D eigenvalue weighted by Gasteiger charge is 2.26. The van der Waals surface area contributed by atoms with Gasteiger partial charge in [0.1, 0.15) is 11.8 Å². The molecule has 0 bridgehead atoms. The number of carbonyl (C=O) groups excluding carboxylic acids is 2. The van der Waals surface area contributed by atoms with Crippen LogP contribution in [-0.4, -0.2) is 41.9 Å². The molecule has 0 aliphatic rings. The maximum atomic E-state index is 13.0. The molecule has 0 unspecified atom stereocenters. The summed E-state index contributed by atoms with van der Waals surface area (Å²) < 4.78 is 5.76. The topological polar surface area (TPSA) is 58.6 Å². The first-order valence-corrected chi connectivity index (χ1v) is 10.9. The van der Waals surface area contributed by atoms with Crippen LogP contribution in [0.5, 0.6) is 5.75 Å². The van der Waals surface area contributed by atoms with E-state index in [0.29, 0.717) is 18.7 Å². The smallest absolute Gasteiger partial charge is 0.261 e. The van der Waals surface area contributed by atoms with E-state index in [1.807, 2.05) is 68.4 Å². The third kappa shape index (κ3) is 7.74. The SMILES string of the molecule is CC(C)NC(=O)[C@H](C)N(CCc1ccccc1)C(=O)COc1ccc(C(C)(C)C)cc1. The number of benzene rings is 2. The Morgan fingerprint density at radius 1 is 0.968 bits per heavy atom. The second kappa shape index (κ2) is 11.0. The molecule has 0 aromatic heterocycles. The molecule has 5 heteroatoms. The van der Waals surface area contributed by atoms with Crippen LogP contribution in [0.15, 0.2) is 54.6 Å². The summed E-state index contributed by atoms with van der Waals surface area (Å²) in [6.45, 7) is 12.4. The molecule has 0 aliphatic carbocycles. The van der Waals surface area contributed by atoms with Gasteiger partial charge in [0.15, 0.2) is 6.61 Å². The molecule has 31 heavy (non-hydrogen) atoms. The zero-order valence-electron chi connectivity index (χ0n) is 19.6. The molecule has 2 aromatic rings. The summed E-state index contributed by atoms with van der Waals surface area (Å²) in [6.07, 6.45) is 0.673. The normalized spacial score (nSPS) is 12.4. The van der Waals surface area contributed by atoms with Crippen LogP contribution in [0.1, 0.15) is 52.7 Å². The Bertz CT molecular complexity index is 839. The van der Waals surface area contributed by atoms with Crippen LogP contribution in [0.4, 0.5) is 0 Å². The summed E-state index contributed by atoms with van der Waals surface area (Å²) in [4.78, 5) is 27.2. The molecule has 1 atom stereocenters. The Hall–Kier alpha value is -2.82. The fourth-order valence-electron chi connectivity index (χ4n) is 3.25. The van der Waals surface area contributed by atoms with Crippen molar-refractivity contribution in [2.75, 3.05) is 13.2 Å². The predicted molar refractivity (Wildman–Crippen MR) is 125 cm³/mol. The van der Waals surface area contributed by atoms with Gasteiger partial charge in [-0.15, -0.1) is 0 Å². The molecular weight excluding hydrogens is 388 g/mol.